The Morgan fingerprint density at radius 1 is 1.25 bits per heavy atom. The molecule has 2 bridgehead atoms. The van der Waals surface area contributed by atoms with E-state index in [4.69, 9.17) is 12.2 Å². The maximum atomic E-state index is 11.0. The van der Waals surface area contributed by atoms with Crippen LogP contribution in [0.15, 0.2) is 12.3 Å². The highest BCUT2D eigenvalue weighted by atomic mass is 32.1. The van der Waals surface area contributed by atoms with Gasteiger partial charge < -0.3 is 10.0 Å². The first-order chi connectivity index (χ1) is 11.6. The number of hydrogen-bond acceptors (Lipinski definition) is 4. The fraction of sp³-hybridized carbons (Fsp3) is 0.700. The second-order valence-electron chi connectivity index (χ2n) is 8.02. The van der Waals surface area contributed by atoms with E-state index in [9.17, 15) is 5.11 Å². The van der Waals surface area contributed by atoms with Crippen molar-refractivity contribution in [2.75, 3.05) is 19.6 Å². The minimum absolute atomic E-state index is 0.479. The first kappa shape index (κ1) is 16.6. The second-order valence-corrected chi connectivity index (χ2v) is 8.60. The summed E-state index contributed by atoms with van der Waals surface area (Å²) in [7, 11) is 0. The molecule has 0 amide bonds. The van der Waals surface area contributed by atoms with Crippen molar-refractivity contribution in [3.63, 3.8) is 0 Å². The van der Waals surface area contributed by atoms with Crippen LogP contribution in [0.1, 0.15) is 55.3 Å². The molecule has 1 aliphatic carbocycles. The Kier molecular flexibility index (Phi) is 4.72. The van der Waals surface area contributed by atoms with Gasteiger partial charge in [-0.1, -0.05) is 12.2 Å². The van der Waals surface area contributed by atoms with Gasteiger partial charge in [0, 0.05) is 24.9 Å². The zero-order valence-electron chi connectivity index (χ0n) is 14.5. The Balaban J connectivity index is 1.34. The molecule has 3 fully saturated rings. The largest absolute Gasteiger partial charge is 0.388 e. The molecule has 24 heavy (non-hydrogen) atoms. The zero-order valence-corrected chi connectivity index (χ0v) is 15.3. The van der Waals surface area contributed by atoms with Gasteiger partial charge in [0.25, 0.3) is 0 Å². The summed E-state index contributed by atoms with van der Waals surface area (Å²) < 4.78 is 0. The van der Waals surface area contributed by atoms with Gasteiger partial charge in [0.05, 0.1) is 5.60 Å². The van der Waals surface area contributed by atoms with E-state index in [0.717, 1.165) is 62.3 Å². The normalized spacial score (nSPS) is 31.7. The van der Waals surface area contributed by atoms with Crippen LogP contribution in [0.3, 0.4) is 0 Å². The molecule has 4 heterocycles. The van der Waals surface area contributed by atoms with Crippen molar-refractivity contribution < 1.29 is 5.11 Å². The molecule has 1 aromatic heterocycles. The van der Waals surface area contributed by atoms with Gasteiger partial charge in [-0.15, -0.1) is 0 Å². The highest BCUT2D eigenvalue weighted by Gasteiger charge is 2.44. The van der Waals surface area contributed by atoms with Gasteiger partial charge in [-0.05, 0) is 92.4 Å². The van der Waals surface area contributed by atoms with Crippen LogP contribution in [0.25, 0.3) is 0 Å². The Morgan fingerprint density at radius 3 is 2.71 bits per heavy atom. The molecule has 3 saturated heterocycles. The van der Waals surface area contributed by atoms with E-state index in [1.165, 1.54) is 36.8 Å². The number of aryl methyl sites for hydroxylation is 2. The Hall–Kier alpha value is -0.840. The summed E-state index contributed by atoms with van der Waals surface area (Å²) in [5, 5.41) is 11.0. The van der Waals surface area contributed by atoms with E-state index in [1.54, 1.807) is 0 Å². The van der Waals surface area contributed by atoms with Crippen LogP contribution in [0.4, 0.5) is 0 Å². The van der Waals surface area contributed by atoms with E-state index in [-0.39, 0.29) is 0 Å². The fourth-order valence-corrected chi connectivity index (χ4v) is 5.08. The maximum Gasteiger partial charge on any atom is 0.0806 e. The van der Waals surface area contributed by atoms with Crippen LogP contribution in [-0.2, 0) is 19.3 Å². The molecular formula is C20H28N2OS. The Morgan fingerprint density at radius 2 is 2.00 bits per heavy atom. The van der Waals surface area contributed by atoms with Crippen molar-refractivity contribution in [3.8, 4) is 0 Å². The number of rotatable bonds is 5. The summed E-state index contributed by atoms with van der Waals surface area (Å²) >= 11 is 5.63. The molecule has 3 nitrogen and oxygen atoms in total. The van der Waals surface area contributed by atoms with Crippen molar-refractivity contribution in [1.29, 1.82) is 0 Å². The van der Waals surface area contributed by atoms with E-state index in [1.807, 2.05) is 0 Å². The van der Waals surface area contributed by atoms with Crippen molar-refractivity contribution >= 4 is 17.1 Å². The molecule has 0 spiro atoms. The number of hydrogen-bond donors (Lipinski definition) is 1. The summed E-state index contributed by atoms with van der Waals surface area (Å²) in [5.41, 5.74) is 3.51. The quantitative estimate of drug-likeness (QED) is 0.833. The minimum atomic E-state index is -0.510. The standard InChI is InChI=1S/C20H28N2OS/c23-20(14-22-9-6-17(20)7-10-22)8-5-19(24)12-18-11-15-3-1-2-4-16(15)13-21-18/h11,13,17,23H,1-10,12,14H2/t20-/m0/s1. The number of thiocarbonyl (C=S) groups is 1. The molecule has 1 aromatic rings. The lowest BCUT2D eigenvalue weighted by molar-refractivity contribution is -0.114. The molecule has 5 rings (SSSR count). The van der Waals surface area contributed by atoms with Gasteiger partial charge in [-0.25, -0.2) is 0 Å². The Bertz CT molecular complexity index is 624. The highest BCUT2D eigenvalue weighted by molar-refractivity contribution is 7.80. The van der Waals surface area contributed by atoms with Crippen LogP contribution in [0.2, 0.25) is 0 Å². The number of nitrogens with zero attached hydrogens (tertiary/aromatic N) is 2. The van der Waals surface area contributed by atoms with E-state index in [2.05, 4.69) is 22.1 Å². The lowest BCUT2D eigenvalue weighted by atomic mass is 9.73. The molecule has 0 aromatic carbocycles. The van der Waals surface area contributed by atoms with Gasteiger partial charge in [0.1, 0.15) is 0 Å². The molecule has 4 aliphatic rings. The van der Waals surface area contributed by atoms with Crippen molar-refractivity contribution in [2.24, 2.45) is 5.92 Å². The third-order valence-electron chi connectivity index (χ3n) is 6.34. The summed E-state index contributed by atoms with van der Waals surface area (Å²) in [6.07, 6.45) is 11.8. The number of pyridine rings is 1. The van der Waals surface area contributed by atoms with E-state index >= 15 is 0 Å². The topological polar surface area (TPSA) is 36.4 Å². The fourth-order valence-electron chi connectivity index (χ4n) is 4.83. The summed E-state index contributed by atoms with van der Waals surface area (Å²) in [4.78, 5) is 8.08. The number of piperidine rings is 3. The Labute approximate surface area is 150 Å². The zero-order chi connectivity index (χ0) is 16.6. The average Bonchev–Trinajstić information content (AvgIpc) is 2.61. The van der Waals surface area contributed by atoms with Gasteiger partial charge in [-0.2, -0.15) is 0 Å². The molecule has 1 N–H and O–H groups in total. The van der Waals surface area contributed by atoms with Crippen LogP contribution in [-0.4, -0.2) is 45.1 Å². The third-order valence-corrected chi connectivity index (χ3v) is 6.69. The minimum Gasteiger partial charge on any atom is -0.388 e. The molecule has 0 radical (unpaired) electrons. The summed E-state index contributed by atoms with van der Waals surface area (Å²) in [5.74, 6) is 0.479. The van der Waals surface area contributed by atoms with Crippen LogP contribution in [0.5, 0.6) is 0 Å². The summed E-state index contributed by atoms with van der Waals surface area (Å²) in [6.45, 7) is 3.17. The van der Waals surface area contributed by atoms with Crippen molar-refractivity contribution in [1.82, 2.24) is 9.88 Å². The highest BCUT2D eigenvalue weighted by Crippen LogP contribution is 2.38. The lowest BCUT2D eigenvalue weighted by Gasteiger charge is -2.50. The molecule has 130 valence electrons. The van der Waals surface area contributed by atoms with Crippen LogP contribution in [0, 0.1) is 5.92 Å². The predicted octanol–water partition coefficient (Wildman–Crippen LogP) is 3.11. The van der Waals surface area contributed by atoms with Crippen molar-refractivity contribution in [2.45, 2.75) is 63.4 Å². The molecule has 0 unspecified atom stereocenters. The maximum absolute atomic E-state index is 11.0. The van der Waals surface area contributed by atoms with Gasteiger partial charge in [-0.3, -0.25) is 4.98 Å². The molecule has 1 atom stereocenters. The smallest absolute Gasteiger partial charge is 0.0806 e. The van der Waals surface area contributed by atoms with Gasteiger partial charge in [0.15, 0.2) is 0 Å². The molecule has 3 aliphatic heterocycles. The van der Waals surface area contributed by atoms with Crippen molar-refractivity contribution in [3.05, 3.63) is 29.1 Å². The first-order valence-electron chi connectivity index (χ1n) is 9.55. The van der Waals surface area contributed by atoms with Crippen LogP contribution < -0.4 is 0 Å². The van der Waals surface area contributed by atoms with Gasteiger partial charge >= 0.3 is 0 Å². The SMILES string of the molecule is O[C@@]1(CCC(=S)Cc2cc3c(cn2)CCCC3)CN2CCC1CC2. The first-order valence-corrected chi connectivity index (χ1v) is 9.96. The molecular weight excluding hydrogens is 316 g/mol. The van der Waals surface area contributed by atoms with E-state index < -0.39 is 5.60 Å². The van der Waals surface area contributed by atoms with Crippen LogP contribution >= 0.6 is 12.2 Å². The van der Waals surface area contributed by atoms with Gasteiger partial charge in [0.2, 0.25) is 0 Å². The molecule has 0 saturated carbocycles. The second kappa shape index (κ2) is 6.81. The average molecular weight is 345 g/mol. The van der Waals surface area contributed by atoms with E-state index in [0.29, 0.717) is 5.92 Å². The number of fused-ring (bicyclic) bond motifs is 4. The summed E-state index contributed by atoms with van der Waals surface area (Å²) in [6, 6.07) is 2.27. The predicted molar refractivity (Wildman–Crippen MR) is 101 cm³/mol. The lowest BCUT2D eigenvalue weighted by Crippen LogP contribution is -2.59. The third kappa shape index (κ3) is 3.42. The number of aliphatic hydroxyl groups is 1. The monoisotopic (exact) mass is 344 g/mol. The molecule has 4 heteroatoms. The number of aromatic nitrogens is 1.